The molecule has 0 radical (unpaired) electrons. The topological polar surface area (TPSA) is 76.8 Å². The van der Waals surface area contributed by atoms with Crippen molar-refractivity contribution in [3.05, 3.63) is 55.3 Å². The minimum atomic E-state index is -0.174. The van der Waals surface area contributed by atoms with Crippen molar-refractivity contribution in [1.82, 2.24) is 19.9 Å². The third-order valence-electron chi connectivity index (χ3n) is 6.67. The van der Waals surface area contributed by atoms with Crippen LogP contribution in [0.2, 0.25) is 5.02 Å². The number of nitrogens with zero attached hydrogens (tertiary/aromatic N) is 2. The number of benzene rings is 2. The maximum Gasteiger partial charge on any atom is 0.261 e. The predicted octanol–water partition coefficient (Wildman–Crippen LogP) is 4.84. The lowest BCUT2D eigenvalue weighted by molar-refractivity contribution is 0.0976. The highest BCUT2D eigenvalue weighted by Gasteiger charge is 2.35. The lowest BCUT2D eigenvalue weighted by Crippen LogP contribution is -2.53. The van der Waals surface area contributed by atoms with Gasteiger partial charge in [0.1, 0.15) is 11.4 Å². The molecule has 1 atom stereocenters. The van der Waals surface area contributed by atoms with Gasteiger partial charge in [0.25, 0.3) is 5.56 Å². The van der Waals surface area contributed by atoms with Crippen molar-refractivity contribution < 1.29 is 0 Å². The van der Waals surface area contributed by atoms with Crippen LogP contribution < -0.4 is 10.9 Å². The maximum absolute atomic E-state index is 13.3. The molecule has 3 N–H and O–H groups in total. The Kier molecular flexibility index (Phi) is 4.73. The normalized spacial score (nSPS) is 23.0. The number of pyridine rings is 1. The summed E-state index contributed by atoms with van der Waals surface area (Å²) in [5, 5.41) is 5.38. The number of nitrogens with one attached hydrogen (secondary N) is 3. The molecule has 0 saturated carbocycles. The Bertz CT molecular complexity index is 1340. The Hall–Kier alpha value is -2.10. The summed E-state index contributed by atoms with van der Waals surface area (Å²) in [6.07, 6.45) is 2.39. The molecule has 7 rings (SSSR count). The number of hydrogen-bond acceptors (Lipinski definition) is 4. The zero-order valence-corrected chi connectivity index (χ0v) is 19.6. The second kappa shape index (κ2) is 7.50. The summed E-state index contributed by atoms with van der Waals surface area (Å²) < 4.78 is 0.950. The van der Waals surface area contributed by atoms with Gasteiger partial charge < -0.3 is 20.2 Å². The lowest BCUT2D eigenvalue weighted by Gasteiger charge is -2.45. The zero-order valence-electron chi connectivity index (χ0n) is 16.7. The number of H-pyrrole nitrogens is 2. The van der Waals surface area contributed by atoms with Crippen molar-refractivity contribution in [3.63, 3.8) is 0 Å². The van der Waals surface area contributed by atoms with Crippen molar-refractivity contribution in [2.45, 2.75) is 18.9 Å². The van der Waals surface area contributed by atoms with Gasteiger partial charge >= 0.3 is 0 Å². The van der Waals surface area contributed by atoms with E-state index in [0.29, 0.717) is 28.4 Å². The quantitative estimate of drug-likeness (QED) is 0.322. The van der Waals surface area contributed by atoms with E-state index in [-0.39, 0.29) is 5.56 Å². The average Bonchev–Trinajstić information content (AvgIpc) is 3.20. The van der Waals surface area contributed by atoms with Crippen LogP contribution in [0.5, 0.6) is 0 Å². The van der Waals surface area contributed by atoms with E-state index in [1.807, 2.05) is 36.4 Å². The molecule has 2 aromatic carbocycles. The number of aromatic nitrogens is 3. The van der Waals surface area contributed by atoms with Crippen molar-refractivity contribution in [1.29, 1.82) is 0 Å². The first-order valence-electron chi connectivity index (χ1n) is 10.6. The number of anilines is 1. The molecule has 3 aliphatic rings. The van der Waals surface area contributed by atoms with Gasteiger partial charge in [-0.25, -0.2) is 4.98 Å². The van der Waals surface area contributed by atoms with Crippen LogP contribution in [-0.2, 0) is 0 Å². The number of halogens is 2. The largest absolute Gasteiger partial charge is 0.379 e. The average molecular weight is 546 g/mol. The van der Waals surface area contributed by atoms with Gasteiger partial charge in [0.2, 0.25) is 0 Å². The Balaban J connectivity index is 1.58. The molecule has 3 saturated heterocycles. The van der Waals surface area contributed by atoms with Gasteiger partial charge in [-0.15, -0.1) is 0 Å². The summed E-state index contributed by atoms with van der Waals surface area (Å²) in [4.78, 5) is 26.9. The summed E-state index contributed by atoms with van der Waals surface area (Å²) in [6, 6.07) is 12.0. The second-order valence-electron chi connectivity index (χ2n) is 8.51. The molecule has 0 spiro atoms. The minimum absolute atomic E-state index is 0.174. The molecule has 6 nitrogen and oxygen atoms in total. The molecule has 31 heavy (non-hydrogen) atoms. The van der Waals surface area contributed by atoms with Crippen molar-refractivity contribution >= 4 is 61.8 Å². The Morgan fingerprint density at radius 1 is 1.13 bits per heavy atom. The first-order valence-corrected chi connectivity index (χ1v) is 12.0. The van der Waals surface area contributed by atoms with Gasteiger partial charge in [0.05, 0.1) is 27.3 Å². The van der Waals surface area contributed by atoms with Gasteiger partial charge in [-0.3, -0.25) is 4.79 Å². The van der Waals surface area contributed by atoms with Gasteiger partial charge in [-0.05, 0) is 78.7 Å². The Labute approximate surface area is 197 Å². The second-order valence-corrected chi connectivity index (χ2v) is 10.1. The van der Waals surface area contributed by atoms with E-state index in [4.69, 9.17) is 16.6 Å². The molecule has 8 heteroatoms. The van der Waals surface area contributed by atoms with E-state index in [9.17, 15) is 4.79 Å². The molecular weight excluding hydrogens is 525 g/mol. The number of hydrogen-bond donors (Lipinski definition) is 3. The van der Waals surface area contributed by atoms with Gasteiger partial charge in [-0.2, -0.15) is 0 Å². The fraction of sp³-hybridized carbons (Fsp3) is 0.304. The lowest BCUT2D eigenvalue weighted by atomic mass is 9.83. The molecule has 158 valence electrons. The highest BCUT2D eigenvalue weighted by molar-refractivity contribution is 14.1. The third-order valence-corrected chi connectivity index (χ3v) is 8.19. The number of piperidine rings is 3. The number of rotatable bonds is 3. The van der Waals surface area contributed by atoms with Crippen molar-refractivity contribution in [2.75, 3.05) is 25.0 Å². The summed E-state index contributed by atoms with van der Waals surface area (Å²) in [7, 11) is 0. The van der Waals surface area contributed by atoms with Crippen LogP contribution >= 0.6 is 34.2 Å². The summed E-state index contributed by atoms with van der Waals surface area (Å²) in [6.45, 7) is 3.34. The number of aromatic amines is 2. The van der Waals surface area contributed by atoms with Crippen LogP contribution in [-0.4, -0.2) is 45.5 Å². The molecule has 2 bridgehead atoms. The van der Waals surface area contributed by atoms with Crippen LogP contribution in [0.4, 0.5) is 5.69 Å². The molecule has 5 heterocycles. The third kappa shape index (κ3) is 3.34. The molecule has 2 aromatic heterocycles. The number of fused-ring (bicyclic) bond motifs is 5. The molecule has 3 aliphatic heterocycles. The number of para-hydroxylation sites is 2. The molecule has 3 fully saturated rings. The number of imidazole rings is 1. The predicted molar refractivity (Wildman–Crippen MR) is 134 cm³/mol. The zero-order chi connectivity index (χ0) is 21.1. The summed E-state index contributed by atoms with van der Waals surface area (Å²) in [5.41, 5.74) is 3.71. The van der Waals surface area contributed by atoms with Crippen molar-refractivity contribution in [2.24, 2.45) is 5.92 Å². The van der Waals surface area contributed by atoms with E-state index < -0.39 is 0 Å². The van der Waals surface area contributed by atoms with Crippen LogP contribution in [0, 0.1) is 9.49 Å². The van der Waals surface area contributed by atoms with Crippen LogP contribution in [0.1, 0.15) is 12.8 Å². The summed E-state index contributed by atoms with van der Waals surface area (Å²) in [5.74, 6) is 1.20. The van der Waals surface area contributed by atoms with Crippen LogP contribution in [0.3, 0.4) is 0 Å². The SMILES string of the molecule is O=c1[nH]c2cc(Cl)c(I)cc2c(N[C@@H]2CN3CCC2CC3)c1-c1nc2ccccc2[nH]1. The fourth-order valence-electron chi connectivity index (χ4n) is 5.05. The van der Waals surface area contributed by atoms with E-state index in [1.54, 1.807) is 0 Å². The van der Waals surface area contributed by atoms with E-state index >= 15 is 0 Å². The van der Waals surface area contributed by atoms with E-state index in [2.05, 4.69) is 42.8 Å². The van der Waals surface area contributed by atoms with Crippen LogP contribution in [0.15, 0.2) is 41.2 Å². The van der Waals surface area contributed by atoms with E-state index in [0.717, 1.165) is 37.7 Å². The highest BCUT2D eigenvalue weighted by Crippen LogP contribution is 2.37. The Morgan fingerprint density at radius 2 is 1.94 bits per heavy atom. The van der Waals surface area contributed by atoms with Gasteiger partial charge in [0.15, 0.2) is 0 Å². The summed E-state index contributed by atoms with van der Waals surface area (Å²) >= 11 is 8.61. The minimum Gasteiger partial charge on any atom is -0.379 e. The molecular formula is C23H21ClIN5O. The van der Waals surface area contributed by atoms with Gasteiger partial charge in [0, 0.05) is 21.5 Å². The van der Waals surface area contributed by atoms with Crippen LogP contribution in [0.25, 0.3) is 33.3 Å². The first-order chi connectivity index (χ1) is 15.1. The van der Waals surface area contributed by atoms with E-state index in [1.165, 1.54) is 25.9 Å². The fourth-order valence-corrected chi connectivity index (χ4v) is 5.68. The smallest absolute Gasteiger partial charge is 0.261 e. The first kappa shape index (κ1) is 19.6. The highest BCUT2D eigenvalue weighted by atomic mass is 127. The molecule has 0 unspecified atom stereocenters. The van der Waals surface area contributed by atoms with Crippen molar-refractivity contribution in [3.8, 4) is 11.4 Å². The standard InChI is InChI=1S/C23H21ClIN5O/c24-14-10-18-13(9-15(14)25)21(26-19-11-30-7-5-12(19)6-8-30)20(23(31)29-18)22-27-16-3-1-2-4-17(16)28-22/h1-4,9-10,12,19H,5-8,11H2,(H,27,28)(H2,26,29,31)/t19-/m1/s1. The monoisotopic (exact) mass is 545 g/mol. The molecule has 0 amide bonds. The molecule has 4 aromatic rings. The molecule has 0 aliphatic carbocycles. The van der Waals surface area contributed by atoms with Gasteiger partial charge in [-0.1, -0.05) is 23.7 Å². The maximum atomic E-state index is 13.3. The Morgan fingerprint density at radius 3 is 2.68 bits per heavy atom.